The summed E-state index contributed by atoms with van der Waals surface area (Å²) in [5.74, 6) is 1.61. The third-order valence-electron chi connectivity index (χ3n) is 6.14. The number of thiophene rings is 1. The van der Waals surface area contributed by atoms with E-state index in [1.165, 1.54) is 11.3 Å². The average molecular weight is 429 g/mol. The number of nitrogens with two attached hydrogens (primary N) is 1. The van der Waals surface area contributed by atoms with Crippen molar-refractivity contribution in [3.05, 3.63) is 69.4 Å². The average Bonchev–Trinajstić information content (AvgIpc) is 3.47. The third kappa shape index (κ3) is 2.48. The maximum atomic E-state index is 14.1. The number of carbonyl (C=O) groups is 1. The quantitative estimate of drug-likeness (QED) is 0.612. The summed E-state index contributed by atoms with van der Waals surface area (Å²) in [6.45, 7) is 0.541. The van der Waals surface area contributed by atoms with Crippen LogP contribution in [0, 0.1) is 16.7 Å². The van der Waals surface area contributed by atoms with E-state index < -0.39 is 5.41 Å². The summed E-state index contributed by atoms with van der Waals surface area (Å²) in [6, 6.07) is 17.4. The molecule has 3 aromatic rings. The van der Waals surface area contributed by atoms with E-state index in [0.717, 1.165) is 27.4 Å². The van der Waals surface area contributed by atoms with Crippen molar-refractivity contribution in [2.45, 2.75) is 18.4 Å². The minimum absolute atomic E-state index is 0.0569. The largest absolute Gasteiger partial charge is 0.454 e. The fraction of sp³-hybridized carbons (Fsp3) is 0.174. The van der Waals surface area contributed by atoms with Crippen LogP contribution in [-0.2, 0) is 16.8 Å². The van der Waals surface area contributed by atoms with Crippen molar-refractivity contribution in [1.29, 1.82) is 10.7 Å². The molecule has 0 saturated carbocycles. The molecule has 1 aromatic heterocycles. The second kappa shape index (κ2) is 6.41. The Hall–Kier alpha value is -3.67. The first-order valence-electron chi connectivity index (χ1n) is 9.87. The molecule has 3 aliphatic rings. The summed E-state index contributed by atoms with van der Waals surface area (Å²) < 4.78 is 11.1. The molecule has 31 heavy (non-hydrogen) atoms. The van der Waals surface area contributed by atoms with Crippen LogP contribution in [0.4, 0.5) is 11.4 Å². The monoisotopic (exact) mass is 429 g/mol. The number of anilines is 1. The number of hydrogen-bond donors (Lipinski definition) is 2. The zero-order valence-corrected chi connectivity index (χ0v) is 17.2. The maximum Gasteiger partial charge on any atom is 0.243 e. The number of nitriles is 1. The Labute approximate surface area is 181 Å². The first-order valence-corrected chi connectivity index (χ1v) is 10.7. The molecule has 0 saturated heterocycles. The lowest BCUT2D eigenvalue weighted by atomic mass is 9.70. The van der Waals surface area contributed by atoms with E-state index in [2.05, 4.69) is 6.07 Å². The molecule has 152 valence electrons. The molecule has 1 spiro atoms. The highest BCUT2D eigenvalue weighted by atomic mass is 32.1. The number of benzene rings is 2. The van der Waals surface area contributed by atoms with E-state index in [-0.39, 0.29) is 12.7 Å². The highest BCUT2D eigenvalue weighted by Crippen LogP contribution is 2.53. The lowest BCUT2D eigenvalue weighted by Gasteiger charge is -2.33. The number of hydrogen-bond acceptors (Lipinski definition) is 6. The van der Waals surface area contributed by atoms with Gasteiger partial charge in [0.15, 0.2) is 17.3 Å². The van der Waals surface area contributed by atoms with E-state index >= 15 is 0 Å². The van der Waals surface area contributed by atoms with Gasteiger partial charge in [0.25, 0.3) is 0 Å². The van der Waals surface area contributed by atoms with Crippen LogP contribution in [0.15, 0.2) is 48.5 Å². The Morgan fingerprint density at radius 2 is 1.97 bits per heavy atom. The zero-order valence-electron chi connectivity index (χ0n) is 16.3. The third-order valence-corrected chi connectivity index (χ3v) is 7.12. The zero-order chi connectivity index (χ0) is 21.2. The number of para-hydroxylation sites is 1. The van der Waals surface area contributed by atoms with Crippen molar-refractivity contribution in [3.63, 3.8) is 0 Å². The van der Waals surface area contributed by atoms with E-state index in [0.29, 0.717) is 35.2 Å². The molecular formula is C23H17N4O3S+. The van der Waals surface area contributed by atoms with Crippen LogP contribution in [0.3, 0.4) is 0 Å². The molecule has 4 heterocycles. The van der Waals surface area contributed by atoms with Gasteiger partial charge in [-0.3, -0.25) is 15.5 Å². The second-order valence-electron chi connectivity index (χ2n) is 7.83. The molecule has 0 radical (unpaired) electrons. The Kier molecular flexibility index (Phi) is 3.75. The van der Waals surface area contributed by atoms with Crippen LogP contribution < -0.4 is 19.7 Å². The Balaban J connectivity index is 1.54. The first-order chi connectivity index (χ1) is 15.1. The minimum Gasteiger partial charge on any atom is -0.454 e. The van der Waals surface area contributed by atoms with Crippen LogP contribution >= 0.6 is 11.3 Å². The van der Waals surface area contributed by atoms with Crippen LogP contribution in [0.25, 0.3) is 0 Å². The van der Waals surface area contributed by atoms with Gasteiger partial charge in [0.1, 0.15) is 22.0 Å². The molecule has 2 aromatic carbocycles. The molecule has 1 atom stereocenters. The molecule has 1 unspecified atom stereocenters. The summed E-state index contributed by atoms with van der Waals surface area (Å²) in [6.07, 6.45) is 0.292. The van der Waals surface area contributed by atoms with Gasteiger partial charge in [-0.15, -0.1) is 11.3 Å². The summed E-state index contributed by atoms with van der Waals surface area (Å²) in [5, 5.41) is 19.5. The Morgan fingerprint density at radius 3 is 2.77 bits per heavy atom. The van der Waals surface area contributed by atoms with Crippen molar-refractivity contribution >= 4 is 34.5 Å². The lowest BCUT2D eigenvalue weighted by Crippen LogP contribution is -2.85. The van der Waals surface area contributed by atoms with E-state index in [4.69, 9.17) is 20.1 Å². The van der Waals surface area contributed by atoms with Crippen molar-refractivity contribution < 1.29 is 19.6 Å². The summed E-state index contributed by atoms with van der Waals surface area (Å²) in [4.78, 5) is 17.5. The second-order valence-corrected chi connectivity index (χ2v) is 9.00. The maximum absolute atomic E-state index is 14.1. The van der Waals surface area contributed by atoms with E-state index in [1.54, 1.807) is 16.3 Å². The molecule has 7 nitrogen and oxygen atoms in total. The number of amides is 1. The van der Waals surface area contributed by atoms with Gasteiger partial charge in [0.2, 0.25) is 12.7 Å². The Morgan fingerprint density at radius 1 is 1.16 bits per heavy atom. The van der Waals surface area contributed by atoms with E-state index in [9.17, 15) is 4.79 Å². The molecule has 1 amide bonds. The van der Waals surface area contributed by atoms with Crippen LogP contribution in [-0.4, -0.2) is 18.5 Å². The first kappa shape index (κ1) is 18.1. The fourth-order valence-corrected chi connectivity index (χ4v) is 5.65. The number of nitrogens with one attached hydrogen (secondary N) is 1. The van der Waals surface area contributed by atoms with Gasteiger partial charge in [-0.05, 0) is 29.8 Å². The van der Waals surface area contributed by atoms with Gasteiger partial charge in [-0.2, -0.15) is 5.26 Å². The number of ether oxygens (including phenoxy) is 2. The summed E-state index contributed by atoms with van der Waals surface area (Å²) in [7, 11) is 0. The molecule has 3 N–H and O–H groups in total. The molecule has 8 heteroatoms. The van der Waals surface area contributed by atoms with Crippen LogP contribution in [0.2, 0.25) is 0 Å². The van der Waals surface area contributed by atoms with Gasteiger partial charge >= 0.3 is 0 Å². The van der Waals surface area contributed by atoms with E-state index in [1.807, 2.05) is 42.5 Å². The number of nitrogens with zero attached hydrogens (tertiary/aromatic N) is 2. The number of quaternary nitrogens is 1. The van der Waals surface area contributed by atoms with Gasteiger partial charge in [0.05, 0.1) is 13.0 Å². The lowest BCUT2D eigenvalue weighted by molar-refractivity contribution is -0.452. The normalized spacial score (nSPS) is 20.7. The van der Waals surface area contributed by atoms with Crippen molar-refractivity contribution in [2.24, 2.45) is 0 Å². The standard InChI is InChI=1S/C23H16N4O3S/c24-10-13-5-6-14(31-13)11-27-18-4-2-1-3-15(18)23(22(27)28)9-21(25)26-17-8-20-19(7-16(17)23)29-12-30-20/h1-8H,9,11-12H2,(H2,25,26)/p+1. The molecule has 0 aliphatic carbocycles. The number of carbonyl (C=O) groups excluding carboxylic acids is 1. The predicted octanol–water partition coefficient (Wildman–Crippen LogP) is 2.76. The topological polar surface area (TPSA) is 103 Å². The van der Waals surface area contributed by atoms with Crippen molar-refractivity contribution in [3.8, 4) is 17.6 Å². The number of rotatable bonds is 2. The predicted molar refractivity (Wildman–Crippen MR) is 114 cm³/mol. The molecule has 6 rings (SSSR count). The van der Waals surface area contributed by atoms with Gasteiger partial charge in [0, 0.05) is 22.2 Å². The van der Waals surface area contributed by atoms with Crippen LogP contribution in [0.5, 0.6) is 11.5 Å². The molecule has 0 bridgehead atoms. The molecular weight excluding hydrogens is 412 g/mol. The number of fused-ring (bicyclic) bond motifs is 5. The number of amidine groups is 1. The smallest absolute Gasteiger partial charge is 0.243 e. The Bertz CT molecular complexity index is 1320. The van der Waals surface area contributed by atoms with Gasteiger partial charge < -0.3 is 14.4 Å². The molecule has 3 aliphatic heterocycles. The highest BCUT2D eigenvalue weighted by molar-refractivity contribution is 7.12. The summed E-state index contributed by atoms with van der Waals surface area (Å²) in [5.41, 5.74) is 2.42. The minimum atomic E-state index is -0.978. The molecule has 0 fully saturated rings. The fourth-order valence-electron chi connectivity index (χ4n) is 4.86. The van der Waals surface area contributed by atoms with Gasteiger partial charge in [-0.25, -0.2) is 0 Å². The van der Waals surface area contributed by atoms with Crippen LogP contribution in [0.1, 0.15) is 27.3 Å². The summed E-state index contributed by atoms with van der Waals surface area (Å²) >= 11 is 1.39. The SMILES string of the molecule is N#Cc1ccc(CN2C(=O)C3(CC(=N)[NH2+]c4cc5c(cc43)OCO5)c3ccccc32)s1. The van der Waals surface area contributed by atoms with Crippen molar-refractivity contribution in [2.75, 3.05) is 11.7 Å². The highest BCUT2D eigenvalue weighted by Gasteiger charge is 2.57. The van der Waals surface area contributed by atoms with Gasteiger partial charge in [-0.1, -0.05) is 18.2 Å². The van der Waals surface area contributed by atoms with Crippen molar-refractivity contribution in [1.82, 2.24) is 0 Å².